The minimum Gasteiger partial charge on any atom is -0.481 e. The molecular weight excluding hydrogens is 928 g/mol. The van der Waals surface area contributed by atoms with E-state index in [1.165, 1.54) is 24.3 Å². The number of ether oxygens (including phenoxy) is 5. The van der Waals surface area contributed by atoms with Crippen molar-refractivity contribution in [1.82, 2.24) is 0 Å². The smallest absolute Gasteiger partial charge is 0.473 e. The van der Waals surface area contributed by atoms with Crippen molar-refractivity contribution in [2.45, 2.75) is 42.3 Å². The summed E-state index contributed by atoms with van der Waals surface area (Å²) in [5.74, 6) is -34.5. The Morgan fingerprint density at radius 1 is 0.531 bits per heavy atom. The van der Waals surface area contributed by atoms with Crippen LogP contribution in [0.3, 0.4) is 0 Å². The lowest BCUT2D eigenvalue weighted by Gasteiger charge is -2.33. The molecule has 0 fully saturated rings. The Labute approximate surface area is 347 Å². The van der Waals surface area contributed by atoms with E-state index in [2.05, 4.69) is 23.7 Å². The second-order valence-electron chi connectivity index (χ2n) is 10.5. The molecule has 64 heavy (non-hydrogen) atoms. The molecule has 0 spiro atoms. The lowest BCUT2D eigenvalue weighted by molar-refractivity contribution is -0.409. The Morgan fingerprint density at radius 3 is 1.22 bits per heavy atom. The number of hydrogen-bond acceptors (Lipinski definition) is 17. The fourth-order valence-corrected chi connectivity index (χ4v) is 2.78. The summed E-state index contributed by atoms with van der Waals surface area (Å²) in [6.45, 7) is -2.88. The van der Waals surface area contributed by atoms with Crippen LogP contribution in [0.1, 0.15) is 23.2 Å². The molecule has 0 bridgehead atoms. The van der Waals surface area contributed by atoms with Crippen molar-refractivity contribution >= 4 is 66.7 Å². The lowest BCUT2D eigenvalue weighted by atomic mass is 9.96. The van der Waals surface area contributed by atoms with Crippen molar-refractivity contribution in [3.8, 4) is 5.75 Å². The van der Waals surface area contributed by atoms with Gasteiger partial charge in [0.2, 0.25) is 0 Å². The van der Waals surface area contributed by atoms with Crippen LogP contribution in [-0.4, -0.2) is 187 Å². The molecule has 0 unspecified atom stereocenters. The van der Waals surface area contributed by atoms with E-state index in [0.29, 0.717) is 0 Å². The molecule has 0 aliphatic rings. The number of aromatic carboxylic acids is 1. The van der Waals surface area contributed by atoms with E-state index in [-0.39, 0.29) is 31.0 Å². The van der Waals surface area contributed by atoms with Crippen LogP contribution in [-0.2, 0) is 66.9 Å². The van der Waals surface area contributed by atoms with Crippen LogP contribution in [0.5, 0.6) is 5.75 Å². The molecule has 1 aromatic rings. The molecule has 34 heteroatoms. The van der Waals surface area contributed by atoms with E-state index in [1.54, 1.807) is 0 Å². The monoisotopic (exact) mass is 960 g/mol. The van der Waals surface area contributed by atoms with E-state index >= 15 is 0 Å². The predicted molar refractivity (Wildman–Crippen MR) is 175 cm³/mol. The van der Waals surface area contributed by atoms with E-state index in [1.807, 2.05) is 0 Å². The summed E-state index contributed by atoms with van der Waals surface area (Å²) in [5.41, 5.74) is -2.65. The van der Waals surface area contributed by atoms with Gasteiger partial charge < -0.3 is 74.7 Å². The van der Waals surface area contributed by atoms with Crippen molar-refractivity contribution in [3.05, 3.63) is 29.8 Å². The Bertz CT molecular complexity index is 1710. The van der Waals surface area contributed by atoms with Gasteiger partial charge in [0.25, 0.3) is 12.9 Å². The number of alkyl halides is 8. The Hall–Kier alpha value is -7.33. The number of aliphatic hydroxyl groups is 1. The van der Waals surface area contributed by atoms with Gasteiger partial charge in [-0.1, -0.05) is 6.07 Å². The van der Waals surface area contributed by atoms with E-state index in [0.717, 1.165) is 0 Å². The molecule has 10 N–H and O–H groups in total. The maximum atomic E-state index is 12.5. The molecule has 26 nitrogen and oxygen atoms in total. The minimum absolute atomic E-state index is 0.0829. The first-order valence-corrected chi connectivity index (χ1v) is 15.3. The third kappa shape index (κ3) is 26.1. The number of benzene rings is 1. The number of hydrogen-bond donors (Lipinski definition) is 10. The normalized spacial score (nSPS) is 11.0. The van der Waals surface area contributed by atoms with Crippen LogP contribution in [0, 0.1) is 0 Å². The summed E-state index contributed by atoms with van der Waals surface area (Å²) in [6.07, 6.45) is -8.61. The van der Waals surface area contributed by atoms with Crippen LogP contribution in [0.4, 0.5) is 35.1 Å². The van der Waals surface area contributed by atoms with E-state index in [4.69, 9.17) is 51.1 Å². The zero-order valence-electron chi connectivity index (χ0n) is 31.1. The minimum atomic E-state index is -7.00. The van der Waals surface area contributed by atoms with Crippen LogP contribution < -0.4 is 4.74 Å². The molecule has 0 atom stereocenters. The molecule has 0 aromatic heterocycles. The summed E-state index contributed by atoms with van der Waals surface area (Å²) in [7, 11) is 0. The van der Waals surface area contributed by atoms with Crippen molar-refractivity contribution in [2.75, 3.05) is 39.6 Å². The lowest BCUT2D eigenvalue weighted by Crippen LogP contribution is -2.65. The van der Waals surface area contributed by atoms with Crippen molar-refractivity contribution in [1.29, 1.82) is 0 Å². The third-order valence-electron chi connectivity index (χ3n) is 5.44. The molecule has 0 heterocycles. The fraction of sp³-hybridized carbons (Fsp3) is 0.433. The zero-order chi connectivity index (χ0) is 51.3. The number of aliphatic carboxylic acids is 8. The van der Waals surface area contributed by atoms with Crippen LogP contribution in [0.15, 0.2) is 24.3 Å². The van der Waals surface area contributed by atoms with Crippen molar-refractivity contribution in [2.24, 2.45) is 0 Å². The van der Waals surface area contributed by atoms with E-state index in [9.17, 15) is 87.9 Å². The van der Waals surface area contributed by atoms with Gasteiger partial charge in [-0.05, 0) is 18.2 Å². The quantitative estimate of drug-likeness (QED) is 0.0344. The standard InChI is InChI=1S/C8H6O4.C6H2F8O4.C6H8O7.C6H10O6.C4H6O5/c9-5-12-7-3-1-2-6(4-7)8(10)11;7-3(8,2(16)17)4(9,10)5(11,12)6(13,14)18-1-15;7-3(8)1-6(13,5(11)12)2-4(9)10;7-5(8)3-11-1-2-12-4-6(9)10;5-3(6)1-9-2-4(7)8/h1-5H,(H,10,11);1H,(H,16,17);13H,1-2H2,(H,7,8)(H,9,10)(H,11,12);1-4H2,(H,7,8)(H,9,10);1-2H2,(H,5,6)(H,7,8). The molecule has 0 aliphatic carbocycles. The average molecular weight is 961 g/mol. The van der Waals surface area contributed by atoms with Gasteiger partial charge in [0.15, 0.2) is 5.60 Å². The molecule has 0 saturated heterocycles. The summed E-state index contributed by atoms with van der Waals surface area (Å²) in [4.78, 5) is 109. The third-order valence-corrected chi connectivity index (χ3v) is 5.44. The van der Waals surface area contributed by atoms with Gasteiger partial charge in [-0.15, -0.1) is 0 Å². The molecular formula is C30H32F8O26. The highest BCUT2D eigenvalue weighted by atomic mass is 19.4. The highest BCUT2D eigenvalue weighted by Crippen LogP contribution is 2.52. The number of halogens is 8. The number of carboxylic acid groups (broad SMARTS) is 9. The van der Waals surface area contributed by atoms with Gasteiger partial charge >= 0.3 is 77.6 Å². The summed E-state index contributed by atoms with van der Waals surface area (Å²) in [6, 6.07) is 5.69. The van der Waals surface area contributed by atoms with Crippen molar-refractivity contribution in [3.63, 3.8) is 0 Å². The Morgan fingerprint density at radius 2 is 0.922 bits per heavy atom. The maximum absolute atomic E-state index is 12.5. The number of rotatable bonds is 25. The van der Waals surface area contributed by atoms with Gasteiger partial charge in [-0.25, -0.2) is 33.6 Å². The first kappa shape index (κ1) is 63.3. The second-order valence-corrected chi connectivity index (χ2v) is 10.5. The Balaban J connectivity index is -0.000000358. The molecule has 0 saturated carbocycles. The molecule has 1 rings (SSSR count). The molecule has 0 aliphatic heterocycles. The van der Waals surface area contributed by atoms with Crippen LogP contribution >= 0.6 is 0 Å². The second kappa shape index (κ2) is 29.8. The van der Waals surface area contributed by atoms with Gasteiger partial charge in [0.1, 0.15) is 32.2 Å². The Kier molecular flexibility index (Phi) is 29.5. The summed E-state index contributed by atoms with van der Waals surface area (Å²) >= 11 is 0. The van der Waals surface area contributed by atoms with Gasteiger partial charge in [-0.2, -0.15) is 35.1 Å². The topological polar surface area (TPSA) is 436 Å². The molecule has 0 radical (unpaired) electrons. The van der Waals surface area contributed by atoms with Gasteiger partial charge in [0, 0.05) is 0 Å². The number of carbonyl (C=O) groups is 11. The number of carbonyl (C=O) groups excluding carboxylic acids is 2. The maximum Gasteiger partial charge on any atom is 0.473 e. The summed E-state index contributed by atoms with van der Waals surface area (Å²) in [5, 5.41) is 82.0. The van der Waals surface area contributed by atoms with Gasteiger partial charge in [0.05, 0.1) is 31.6 Å². The molecule has 1 aromatic carbocycles. The zero-order valence-corrected chi connectivity index (χ0v) is 31.1. The summed E-state index contributed by atoms with van der Waals surface area (Å²) < 4.78 is 119. The first-order valence-electron chi connectivity index (χ1n) is 15.3. The highest BCUT2D eigenvalue weighted by Gasteiger charge is 2.84. The van der Waals surface area contributed by atoms with Crippen LogP contribution in [0.25, 0.3) is 0 Å². The van der Waals surface area contributed by atoms with Gasteiger partial charge in [-0.3, -0.25) is 19.2 Å². The highest BCUT2D eigenvalue weighted by molar-refractivity contribution is 5.88. The van der Waals surface area contributed by atoms with Crippen molar-refractivity contribution < 1.29 is 163 Å². The number of carboxylic acids is 9. The van der Waals surface area contributed by atoms with Crippen LogP contribution in [0.2, 0.25) is 0 Å². The predicted octanol–water partition coefficient (Wildman–Crippen LogP) is -0.225. The van der Waals surface area contributed by atoms with E-state index < -0.39 is 129 Å². The SMILES string of the molecule is O=C(O)CC(O)(CC(=O)O)C(=O)O.O=C(O)COCC(=O)O.O=C(O)COCCOCC(=O)O.O=COC(F)(F)C(F)(F)C(F)(F)C(F)(F)C(=O)O.O=COc1cccc(C(=O)O)c1. The first-order chi connectivity index (χ1) is 29.0. The molecule has 364 valence electrons. The average Bonchev–Trinajstić information content (AvgIpc) is 3.13. The largest absolute Gasteiger partial charge is 0.481 e. The molecule has 0 amide bonds. The fourth-order valence-electron chi connectivity index (χ4n) is 2.78.